The number of ether oxygens (including phenoxy) is 1. The molecule has 0 amide bonds. The Morgan fingerprint density at radius 3 is 2.91 bits per heavy atom. The van der Waals surface area contributed by atoms with E-state index < -0.39 is 6.61 Å². The smallest absolute Gasteiger partial charge is 0.387 e. The van der Waals surface area contributed by atoms with E-state index in [0.29, 0.717) is 17.7 Å². The molecule has 2 saturated heterocycles. The zero-order valence-corrected chi connectivity index (χ0v) is 14.3. The van der Waals surface area contributed by atoms with Crippen molar-refractivity contribution in [3.8, 4) is 5.75 Å². The fourth-order valence-electron chi connectivity index (χ4n) is 3.72. The molecule has 1 N–H and O–H groups in total. The van der Waals surface area contributed by atoms with Gasteiger partial charge in [0, 0.05) is 29.7 Å². The van der Waals surface area contributed by atoms with Crippen molar-refractivity contribution in [3.05, 3.63) is 27.7 Å². The molecule has 0 radical (unpaired) electrons. The molecule has 3 nitrogen and oxygen atoms in total. The van der Waals surface area contributed by atoms with Crippen LogP contribution in [0.2, 0.25) is 0 Å². The van der Waals surface area contributed by atoms with Crippen molar-refractivity contribution in [2.24, 2.45) is 5.41 Å². The summed E-state index contributed by atoms with van der Waals surface area (Å²) in [6, 6.07) is 3.70. The summed E-state index contributed by atoms with van der Waals surface area (Å²) in [6.07, 6.45) is 2.39. The summed E-state index contributed by atoms with van der Waals surface area (Å²) in [7, 11) is 0. The topological polar surface area (TPSA) is 24.5 Å². The van der Waals surface area contributed by atoms with Gasteiger partial charge in [0.05, 0.1) is 0 Å². The van der Waals surface area contributed by atoms with Crippen LogP contribution in [0.15, 0.2) is 16.6 Å². The first-order chi connectivity index (χ1) is 10.5. The summed E-state index contributed by atoms with van der Waals surface area (Å²) in [4.78, 5) is 2.35. The minimum absolute atomic E-state index is 0.323. The quantitative estimate of drug-likeness (QED) is 0.871. The molecule has 1 atom stereocenters. The van der Waals surface area contributed by atoms with Crippen molar-refractivity contribution in [2.75, 3.05) is 26.2 Å². The molecule has 1 aromatic rings. The van der Waals surface area contributed by atoms with E-state index >= 15 is 0 Å². The Morgan fingerprint density at radius 2 is 2.23 bits per heavy atom. The molecule has 2 heterocycles. The number of hydrogen-bond acceptors (Lipinski definition) is 3. The van der Waals surface area contributed by atoms with Crippen LogP contribution in [0.25, 0.3) is 0 Å². The number of nitrogens with zero attached hydrogens (tertiary/aromatic N) is 1. The van der Waals surface area contributed by atoms with Gasteiger partial charge >= 0.3 is 6.61 Å². The van der Waals surface area contributed by atoms with Crippen LogP contribution in [-0.2, 0) is 6.54 Å². The molecule has 2 fully saturated rings. The lowest BCUT2D eigenvalue weighted by Crippen LogP contribution is -2.29. The van der Waals surface area contributed by atoms with Gasteiger partial charge in [0.1, 0.15) is 5.75 Å². The first kappa shape index (κ1) is 16.1. The predicted molar refractivity (Wildman–Crippen MR) is 85.3 cm³/mol. The first-order valence-electron chi connectivity index (χ1n) is 7.64. The highest BCUT2D eigenvalue weighted by Crippen LogP contribution is 2.38. The zero-order valence-electron chi connectivity index (χ0n) is 12.7. The molecule has 6 heteroatoms. The number of rotatable bonds is 4. The van der Waals surface area contributed by atoms with E-state index in [9.17, 15) is 8.78 Å². The van der Waals surface area contributed by atoms with Crippen molar-refractivity contribution < 1.29 is 13.5 Å². The van der Waals surface area contributed by atoms with Crippen molar-refractivity contribution in [1.82, 2.24) is 10.2 Å². The van der Waals surface area contributed by atoms with Crippen LogP contribution in [0.5, 0.6) is 5.75 Å². The second-order valence-corrected chi connectivity index (χ2v) is 7.39. The van der Waals surface area contributed by atoms with E-state index in [1.165, 1.54) is 12.8 Å². The molecule has 0 aromatic heterocycles. The molecule has 2 aliphatic heterocycles. The van der Waals surface area contributed by atoms with Crippen molar-refractivity contribution in [3.63, 3.8) is 0 Å². The van der Waals surface area contributed by atoms with Crippen LogP contribution < -0.4 is 10.1 Å². The monoisotopic (exact) mass is 374 g/mol. The van der Waals surface area contributed by atoms with Crippen molar-refractivity contribution >= 4 is 15.9 Å². The largest absolute Gasteiger partial charge is 0.434 e. The highest BCUT2D eigenvalue weighted by Gasteiger charge is 2.40. The molecule has 2 aliphatic rings. The van der Waals surface area contributed by atoms with Gasteiger partial charge in [-0.05, 0) is 56.0 Å². The summed E-state index contributed by atoms with van der Waals surface area (Å²) in [5.41, 5.74) is 1.95. The molecule has 0 bridgehead atoms. The highest BCUT2D eigenvalue weighted by molar-refractivity contribution is 9.10. The molecule has 22 heavy (non-hydrogen) atoms. The lowest BCUT2D eigenvalue weighted by atomic mass is 9.86. The van der Waals surface area contributed by atoms with Gasteiger partial charge in [-0.1, -0.05) is 15.9 Å². The van der Waals surface area contributed by atoms with Gasteiger partial charge in [-0.25, -0.2) is 0 Å². The molecule has 0 aliphatic carbocycles. The summed E-state index contributed by atoms with van der Waals surface area (Å²) >= 11 is 3.45. The maximum absolute atomic E-state index is 12.7. The second kappa shape index (κ2) is 6.42. The van der Waals surface area contributed by atoms with Gasteiger partial charge in [0.25, 0.3) is 0 Å². The summed E-state index contributed by atoms with van der Waals surface area (Å²) in [5, 5.41) is 3.44. The minimum atomic E-state index is -2.79. The average molecular weight is 375 g/mol. The molecule has 1 spiro atoms. The SMILES string of the molecule is Cc1cc(Br)cc(CN2CCC3(CCNC3)C2)c1OC(F)F. The van der Waals surface area contributed by atoms with Crippen LogP contribution in [0.3, 0.4) is 0 Å². The predicted octanol–water partition coefficient (Wildman–Crippen LogP) is 3.54. The number of hydrogen-bond donors (Lipinski definition) is 1. The Bertz CT molecular complexity index is 547. The molecule has 1 aromatic carbocycles. The Labute approximate surface area is 138 Å². The van der Waals surface area contributed by atoms with Gasteiger partial charge < -0.3 is 10.1 Å². The van der Waals surface area contributed by atoms with Gasteiger partial charge in [-0.3, -0.25) is 4.90 Å². The van der Waals surface area contributed by atoms with Gasteiger partial charge in [-0.2, -0.15) is 8.78 Å². The normalized spacial score (nSPS) is 25.5. The third-order valence-corrected chi connectivity index (χ3v) is 5.22. The summed E-state index contributed by atoms with van der Waals surface area (Å²) < 4.78 is 31.0. The van der Waals surface area contributed by atoms with E-state index in [1.54, 1.807) is 6.92 Å². The number of alkyl halides is 2. The Balaban J connectivity index is 1.77. The van der Waals surface area contributed by atoms with Crippen LogP contribution in [0, 0.1) is 12.3 Å². The van der Waals surface area contributed by atoms with Crippen LogP contribution in [-0.4, -0.2) is 37.7 Å². The molecule has 0 saturated carbocycles. The van der Waals surface area contributed by atoms with Gasteiger partial charge in [-0.15, -0.1) is 0 Å². The van der Waals surface area contributed by atoms with Gasteiger partial charge in [0.15, 0.2) is 0 Å². The Kier molecular flexibility index (Phi) is 4.71. The molecular weight excluding hydrogens is 354 g/mol. The highest BCUT2D eigenvalue weighted by atomic mass is 79.9. The molecule has 3 rings (SSSR count). The number of nitrogens with one attached hydrogen (secondary N) is 1. The third-order valence-electron chi connectivity index (χ3n) is 4.77. The summed E-state index contributed by atoms with van der Waals surface area (Å²) in [5.74, 6) is 0.323. The first-order valence-corrected chi connectivity index (χ1v) is 8.44. The minimum Gasteiger partial charge on any atom is -0.434 e. The van der Waals surface area contributed by atoms with Crippen molar-refractivity contribution in [2.45, 2.75) is 32.9 Å². The van der Waals surface area contributed by atoms with E-state index in [-0.39, 0.29) is 0 Å². The standard InChI is InChI=1S/C16H21BrF2N2O/c1-11-6-13(17)7-12(14(11)22-15(18)19)8-21-5-3-16(10-21)2-4-20-9-16/h6-7,15,20H,2-5,8-10H2,1H3. The number of likely N-dealkylation sites (tertiary alicyclic amines) is 1. The number of benzene rings is 1. The number of halogens is 3. The van der Waals surface area contributed by atoms with Gasteiger partial charge in [0.2, 0.25) is 0 Å². The number of aryl methyl sites for hydroxylation is 1. The molecule has 122 valence electrons. The van der Waals surface area contributed by atoms with E-state index in [0.717, 1.165) is 41.8 Å². The Morgan fingerprint density at radius 1 is 1.41 bits per heavy atom. The van der Waals surface area contributed by atoms with Crippen LogP contribution in [0.1, 0.15) is 24.0 Å². The summed E-state index contributed by atoms with van der Waals surface area (Å²) in [6.45, 7) is 3.87. The molecule has 1 unspecified atom stereocenters. The zero-order chi connectivity index (χ0) is 15.7. The Hall–Kier alpha value is -0.720. The second-order valence-electron chi connectivity index (χ2n) is 6.48. The lowest BCUT2D eigenvalue weighted by Gasteiger charge is -2.24. The fraction of sp³-hybridized carbons (Fsp3) is 0.625. The fourth-order valence-corrected chi connectivity index (χ4v) is 4.34. The third kappa shape index (κ3) is 3.44. The van der Waals surface area contributed by atoms with E-state index in [4.69, 9.17) is 4.74 Å². The van der Waals surface area contributed by atoms with Crippen LogP contribution >= 0.6 is 15.9 Å². The average Bonchev–Trinajstić information content (AvgIpc) is 3.04. The van der Waals surface area contributed by atoms with Crippen molar-refractivity contribution in [1.29, 1.82) is 0 Å². The maximum atomic E-state index is 12.7. The maximum Gasteiger partial charge on any atom is 0.387 e. The van der Waals surface area contributed by atoms with E-state index in [1.807, 2.05) is 12.1 Å². The van der Waals surface area contributed by atoms with E-state index in [2.05, 4.69) is 26.1 Å². The van der Waals surface area contributed by atoms with Crippen LogP contribution in [0.4, 0.5) is 8.78 Å². The molecular formula is C16H21BrF2N2O. The lowest BCUT2D eigenvalue weighted by molar-refractivity contribution is -0.0512.